The molecule has 2 aromatic rings. The Balaban J connectivity index is 1.77. The van der Waals surface area contributed by atoms with Crippen molar-refractivity contribution >= 4 is 46.7 Å². The summed E-state index contributed by atoms with van der Waals surface area (Å²) < 4.78 is 1.47. The van der Waals surface area contributed by atoms with Gasteiger partial charge < -0.3 is 10.6 Å². The van der Waals surface area contributed by atoms with Crippen LogP contribution in [0.5, 0.6) is 0 Å². The maximum atomic E-state index is 12.4. The summed E-state index contributed by atoms with van der Waals surface area (Å²) in [7, 11) is 0. The van der Waals surface area contributed by atoms with Crippen LogP contribution in [0.15, 0.2) is 39.0 Å². The van der Waals surface area contributed by atoms with Crippen LogP contribution in [-0.2, 0) is 9.59 Å². The first kappa shape index (κ1) is 22.7. The third-order valence-electron chi connectivity index (χ3n) is 3.73. The number of rotatable bonds is 12. The fourth-order valence-corrected chi connectivity index (χ4v) is 5.08. The zero-order valence-electron chi connectivity index (χ0n) is 16.1. The predicted molar refractivity (Wildman–Crippen MR) is 117 cm³/mol. The van der Waals surface area contributed by atoms with Crippen LogP contribution in [0.1, 0.15) is 44.7 Å². The van der Waals surface area contributed by atoms with Gasteiger partial charge in [-0.3, -0.25) is 9.59 Å². The lowest BCUT2D eigenvalue weighted by atomic mass is 10.0. The Morgan fingerprint density at radius 2 is 1.64 bits per heavy atom. The molecule has 1 aromatic heterocycles. The molecule has 28 heavy (non-hydrogen) atoms. The molecule has 1 unspecified atom stereocenters. The van der Waals surface area contributed by atoms with Crippen LogP contribution in [-0.4, -0.2) is 40.1 Å². The number of thioether (sulfide) groups is 2. The van der Waals surface area contributed by atoms with Crippen molar-refractivity contribution < 1.29 is 9.59 Å². The Bertz CT molecular complexity index is 740. The van der Waals surface area contributed by atoms with Crippen molar-refractivity contribution in [3.63, 3.8) is 0 Å². The maximum absolute atomic E-state index is 12.4. The lowest BCUT2D eigenvalue weighted by molar-refractivity contribution is -0.119. The van der Waals surface area contributed by atoms with E-state index < -0.39 is 0 Å². The molecular formula is C19H26N4O2S3. The molecule has 1 atom stereocenters. The summed E-state index contributed by atoms with van der Waals surface area (Å²) in [5.41, 5.74) is 1.12. The Labute approximate surface area is 178 Å². The first-order valence-corrected chi connectivity index (χ1v) is 12.1. The standard InChI is InChI=1S/C19H26N4O2S3/c1-3-8-15(14-9-6-5-7-10-14)21-17(25)13-27-19-23-22-18(28-19)26-12-16(24)20-11-4-2/h5-7,9-10,15H,3-4,8,11-13H2,1-2H3,(H,20,24)(H,21,25). The van der Waals surface area contributed by atoms with E-state index in [-0.39, 0.29) is 17.9 Å². The largest absolute Gasteiger partial charge is 0.355 e. The molecule has 0 aliphatic carbocycles. The number of nitrogens with one attached hydrogen (secondary N) is 2. The van der Waals surface area contributed by atoms with Crippen molar-refractivity contribution in [3.05, 3.63) is 35.9 Å². The fraction of sp³-hybridized carbons (Fsp3) is 0.474. The molecular weight excluding hydrogens is 412 g/mol. The molecule has 0 bridgehead atoms. The van der Waals surface area contributed by atoms with Crippen molar-refractivity contribution in [2.45, 2.75) is 47.8 Å². The van der Waals surface area contributed by atoms with Crippen LogP contribution in [0, 0.1) is 0 Å². The summed E-state index contributed by atoms with van der Waals surface area (Å²) in [6, 6.07) is 10.1. The van der Waals surface area contributed by atoms with E-state index in [1.165, 1.54) is 34.9 Å². The molecule has 2 rings (SSSR count). The van der Waals surface area contributed by atoms with E-state index >= 15 is 0 Å². The highest BCUT2D eigenvalue weighted by Crippen LogP contribution is 2.28. The second-order valence-corrected chi connectivity index (χ2v) is 9.50. The molecule has 152 valence electrons. The SMILES string of the molecule is CCCNC(=O)CSc1nnc(SCC(=O)NC(CCC)c2ccccc2)s1. The summed E-state index contributed by atoms with van der Waals surface area (Å²) in [5.74, 6) is 0.605. The number of nitrogens with zero attached hydrogens (tertiary/aromatic N) is 2. The second kappa shape index (κ2) is 12.8. The van der Waals surface area contributed by atoms with E-state index in [4.69, 9.17) is 0 Å². The van der Waals surface area contributed by atoms with Crippen LogP contribution in [0.25, 0.3) is 0 Å². The number of hydrogen-bond donors (Lipinski definition) is 2. The minimum atomic E-state index is -0.0179. The maximum Gasteiger partial charge on any atom is 0.230 e. The minimum absolute atomic E-state index is 0.00138. The smallest absolute Gasteiger partial charge is 0.230 e. The van der Waals surface area contributed by atoms with Gasteiger partial charge in [0.05, 0.1) is 17.5 Å². The third-order valence-corrected chi connectivity index (χ3v) is 6.92. The summed E-state index contributed by atoms with van der Waals surface area (Å²) >= 11 is 4.15. The van der Waals surface area contributed by atoms with E-state index in [0.717, 1.165) is 33.5 Å². The zero-order chi connectivity index (χ0) is 20.2. The average molecular weight is 439 g/mol. The van der Waals surface area contributed by atoms with Gasteiger partial charge in [-0.2, -0.15) is 0 Å². The molecule has 6 nitrogen and oxygen atoms in total. The summed E-state index contributed by atoms with van der Waals surface area (Å²) in [5, 5.41) is 14.1. The number of carbonyl (C=O) groups is 2. The van der Waals surface area contributed by atoms with Gasteiger partial charge in [-0.1, -0.05) is 85.5 Å². The number of hydrogen-bond acceptors (Lipinski definition) is 7. The van der Waals surface area contributed by atoms with Crippen molar-refractivity contribution in [3.8, 4) is 0 Å². The van der Waals surface area contributed by atoms with Gasteiger partial charge in [-0.15, -0.1) is 10.2 Å². The molecule has 0 radical (unpaired) electrons. The van der Waals surface area contributed by atoms with Crippen LogP contribution in [0.3, 0.4) is 0 Å². The van der Waals surface area contributed by atoms with Crippen LogP contribution >= 0.6 is 34.9 Å². The average Bonchev–Trinajstić information content (AvgIpc) is 3.17. The Morgan fingerprint density at radius 1 is 1.00 bits per heavy atom. The van der Waals surface area contributed by atoms with E-state index in [1.54, 1.807) is 0 Å². The summed E-state index contributed by atoms with van der Waals surface area (Å²) in [4.78, 5) is 24.0. The Hall–Kier alpha value is -1.58. The Morgan fingerprint density at radius 3 is 2.25 bits per heavy atom. The van der Waals surface area contributed by atoms with Gasteiger partial charge in [0.25, 0.3) is 0 Å². The number of carbonyl (C=O) groups excluding carboxylic acids is 2. The first-order chi connectivity index (χ1) is 13.6. The van der Waals surface area contributed by atoms with Gasteiger partial charge in [0, 0.05) is 6.54 Å². The number of amides is 2. The number of benzene rings is 1. The summed E-state index contributed by atoms with van der Waals surface area (Å²) in [6.45, 7) is 4.82. The quantitative estimate of drug-likeness (QED) is 0.489. The Kier molecular flexibility index (Phi) is 10.4. The van der Waals surface area contributed by atoms with Gasteiger partial charge in [-0.05, 0) is 18.4 Å². The molecule has 2 amide bonds. The molecule has 0 saturated heterocycles. The molecule has 9 heteroatoms. The highest BCUT2D eigenvalue weighted by atomic mass is 32.2. The third kappa shape index (κ3) is 8.20. The lowest BCUT2D eigenvalue weighted by Crippen LogP contribution is -2.29. The molecule has 2 N–H and O–H groups in total. The van der Waals surface area contributed by atoms with Gasteiger partial charge in [0.2, 0.25) is 11.8 Å². The molecule has 0 aliphatic heterocycles. The fourth-order valence-electron chi connectivity index (χ4n) is 2.42. The molecule has 1 heterocycles. The van der Waals surface area contributed by atoms with Gasteiger partial charge in [0.1, 0.15) is 0 Å². The second-order valence-electron chi connectivity index (χ2n) is 6.08. The topological polar surface area (TPSA) is 84.0 Å². The monoisotopic (exact) mass is 438 g/mol. The highest BCUT2D eigenvalue weighted by molar-refractivity contribution is 8.03. The van der Waals surface area contributed by atoms with Gasteiger partial charge >= 0.3 is 0 Å². The van der Waals surface area contributed by atoms with Crippen LogP contribution < -0.4 is 10.6 Å². The molecule has 0 fully saturated rings. The van der Waals surface area contributed by atoms with Crippen molar-refractivity contribution in [2.24, 2.45) is 0 Å². The molecule has 0 saturated carbocycles. The highest BCUT2D eigenvalue weighted by Gasteiger charge is 2.15. The van der Waals surface area contributed by atoms with E-state index in [0.29, 0.717) is 18.1 Å². The van der Waals surface area contributed by atoms with E-state index in [2.05, 4.69) is 27.8 Å². The molecule has 0 spiro atoms. The lowest BCUT2D eigenvalue weighted by Gasteiger charge is -2.18. The number of aromatic nitrogens is 2. The van der Waals surface area contributed by atoms with Gasteiger partial charge in [-0.25, -0.2) is 0 Å². The van der Waals surface area contributed by atoms with Crippen molar-refractivity contribution in [1.82, 2.24) is 20.8 Å². The minimum Gasteiger partial charge on any atom is -0.355 e. The predicted octanol–water partition coefficient (Wildman–Crippen LogP) is 3.91. The van der Waals surface area contributed by atoms with Crippen LogP contribution in [0.2, 0.25) is 0 Å². The van der Waals surface area contributed by atoms with Crippen molar-refractivity contribution in [2.75, 3.05) is 18.1 Å². The van der Waals surface area contributed by atoms with Crippen LogP contribution in [0.4, 0.5) is 0 Å². The first-order valence-electron chi connectivity index (χ1n) is 9.32. The normalized spacial score (nSPS) is 11.8. The van der Waals surface area contributed by atoms with E-state index in [1.807, 2.05) is 37.3 Å². The zero-order valence-corrected chi connectivity index (χ0v) is 18.6. The summed E-state index contributed by atoms with van der Waals surface area (Å²) in [6.07, 6.45) is 2.82. The molecule has 0 aliphatic rings. The molecule has 1 aromatic carbocycles. The van der Waals surface area contributed by atoms with Gasteiger partial charge in [0.15, 0.2) is 8.68 Å². The van der Waals surface area contributed by atoms with E-state index in [9.17, 15) is 9.59 Å². The van der Waals surface area contributed by atoms with Crippen molar-refractivity contribution in [1.29, 1.82) is 0 Å².